The van der Waals surface area contributed by atoms with Crippen LogP contribution in [0.25, 0.3) is 0 Å². The first-order valence-electron chi connectivity index (χ1n) is 9.98. The fourth-order valence-electron chi connectivity index (χ4n) is 5.69. The summed E-state index contributed by atoms with van der Waals surface area (Å²) in [7, 11) is 0. The smallest absolute Gasteiger partial charge is 0.130 e. The maximum Gasteiger partial charge on any atom is 0.130 e. The molecule has 0 unspecified atom stereocenters. The van der Waals surface area contributed by atoms with Crippen LogP contribution in [-0.4, -0.2) is 5.78 Å². The van der Waals surface area contributed by atoms with Gasteiger partial charge in [0.05, 0.1) is 0 Å². The summed E-state index contributed by atoms with van der Waals surface area (Å²) in [6, 6.07) is 0. The SMILES string of the molecule is CC(=O)CCC=C(C)CC[C@@H]1C(C)=CC[C@H]2C(C)(C)CCC[C@]12C. The molecule has 3 atom stereocenters. The Kier molecular flexibility index (Phi) is 6.15. The van der Waals surface area contributed by atoms with Gasteiger partial charge < -0.3 is 4.79 Å². The Hall–Kier alpha value is -0.850. The number of fused-ring (bicyclic) bond motifs is 1. The van der Waals surface area contributed by atoms with Crippen molar-refractivity contribution in [3.63, 3.8) is 0 Å². The van der Waals surface area contributed by atoms with Crippen molar-refractivity contribution in [2.45, 2.75) is 92.9 Å². The van der Waals surface area contributed by atoms with E-state index in [0.717, 1.165) is 18.3 Å². The lowest BCUT2D eigenvalue weighted by atomic mass is 9.48. The van der Waals surface area contributed by atoms with Crippen LogP contribution in [0.3, 0.4) is 0 Å². The molecule has 0 aromatic carbocycles. The first-order chi connectivity index (χ1) is 11.2. The molecule has 2 aliphatic rings. The molecule has 0 bridgehead atoms. The number of rotatable bonds is 6. The normalized spacial score (nSPS) is 32.9. The minimum atomic E-state index is 0.296. The maximum absolute atomic E-state index is 11.1. The van der Waals surface area contributed by atoms with Crippen LogP contribution in [0.1, 0.15) is 92.9 Å². The monoisotopic (exact) mass is 330 g/mol. The minimum Gasteiger partial charge on any atom is -0.300 e. The lowest BCUT2D eigenvalue weighted by Crippen LogP contribution is -2.48. The van der Waals surface area contributed by atoms with E-state index in [4.69, 9.17) is 0 Å². The molecule has 0 spiro atoms. The van der Waals surface area contributed by atoms with Gasteiger partial charge in [-0.25, -0.2) is 0 Å². The molecular weight excluding hydrogens is 292 g/mol. The van der Waals surface area contributed by atoms with E-state index in [9.17, 15) is 4.79 Å². The highest BCUT2D eigenvalue weighted by Gasteiger charge is 2.51. The molecule has 136 valence electrons. The van der Waals surface area contributed by atoms with Crippen LogP contribution < -0.4 is 0 Å². The van der Waals surface area contributed by atoms with Crippen LogP contribution in [0.4, 0.5) is 0 Å². The third-order valence-corrected chi connectivity index (χ3v) is 7.11. The van der Waals surface area contributed by atoms with Gasteiger partial charge in [-0.05, 0) is 82.0 Å². The van der Waals surface area contributed by atoms with Crippen LogP contribution in [0, 0.1) is 22.7 Å². The topological polar surface area (TPSA) is 17.1 Å². The van der Waals surface area contributed by atoms with Gasteiger partial charge >= 0.3 is 0 Å². The molecule has 1 saturated carbocycles. The van der Waals surface area contributed by atoms with Gasteiger partial charge in [-0.1, -0.05) is 50.5 Å². The van der Waals surface area contributed by atoms with Gasteiger partial charge in [-0.3, -0.25) is 0 Å². The van der Waals surface area contributed by atoms with Crippen molar-refractivity contribution in [2.75, 3.05) is 0 Å². The highest BCUT2D eigenvalue weighted by Crippen LogP contribution is 2.60. The molecule has 2 aliphatic carbocycles. The Bertz CT molecular complexity index is 522. The summed E-state index contributed by atoms with van der Waals surface area (Å²) in [6.45, 7) is 13.9. The molecule has 1 nitrogen and oxygen atoms in total. The van der Waals surface area contributed by atoms with Crippen LogP contribution >= 0.6 is 0 Å². The number of Topliss-reactive ketones (excluding diaryl/α,β-unsaturated/α-hetero) is 1. The van der Waals surface area contributed by atoms with E-state index in [2.05, 4.69) is 46.8 Å². The molecule has 0 heterocycles. The number of hydrogen-bond donors (Lipinski definition) is 0. The lowest BCUT2D eigenvalue weighted by molar-refractivity contribution is -0.116. The van der Waals surface area contributed by atoms with Gasteiger partial charge in [0.25, 0.3) is 0 Å². The fourth-order valence-corrected chi connectivity index (χ4v) is 5.69. The fraction of sp³-hybridized carbons (Fsp3) is 0.783. The van der Waals surface area contributed by atoms with Crippen molar-refractivity contribution in [3.05, 3.63) is 23.3 Å². The summed E-state index contributed by atoms with van der Waals surface area (Å²) in [4.78, 5) is 11.1. The number of carbonyl (C=O) groups excluding carboxylic acids is 1. The molecule has 0 radical (unpaired) electrons. The predicted octanol–water partition coefficient (Wildman–Crippen LogP) is 6.88. The quantitative estimate of drug-likeness (QED) is 0.485. The van der Waals surface area contributed by atoms with Crippen molar-refractivity contribution in [1.82, 2.24) is 0 Å². The van der Waals surface area contributed by atoms with Crippen LogP contribution in [0.5, 0.6) is 0 Å². The number of allylic oxidation sites excluding steroid dienone is 4. The van der Waals surface area contributed by atoms with Crippen molar-refractivity contribution in [3.8, 4) is 0 Å². The van der Waals surface area contributed by atoms with Gasteiger partial charge in [0, 0.05) is 6.42 Å². The van der Waals surface area contributed by atoms with Gasteiger partial charge in [-0.15, -0.1) is 0 Å². The average Bonchev–Trinajstić information content (AvgIpc) is 2.45. The summed E-state index contributed by atoms with van der Waals surface area (Å²) in [5.74, 6) is 1.85. The van der Waals surface area contributed by atoms with Crippen LogP contribution in [-0.2, 0) is 4.79 Å². The molecule has 0 N–H and O–H groups in total. The molecule has 0 saturated heterocycles. The van der Waals surface area contributed by atoms with Gasteiger partial charge in [-0.2, -0.15) is 0 Å². The number of hydrogen-bond acceptors (Lipinski definition) is 1. The lowest BCUT2D eigenvalue weighted by Gasteiger charge is -2.57. The Labute approximate surface area is 150 Å². The molecule has 0 aromatic heterocycles. The van der Waals surface area contributed by atoms with Crippen molar-refractivity contribution >= 4 is 5.78 Å². The summed E-state index contributed by atoms with van der Waals surface area (Å²) in [5, 5.41) is 0. The highest BCUT2D eigenvalue weighted by atomic mass is 16.1. The Morgan fingerprint density at radius 3 is 2.58 bits per heavy atom. The Morgan fingerprint density at radius 1 is 1.21 bits per heavy atom. The zero-order valence-corrected chi connectivity index (χ0v) is 16.9. The molecule has 0 aliphatic heterocycles. The predicted molar refractivity (Wildman–Crippen MR) is 104 cm³/mol. The van der Waals surface area contributed by atoms with Gasteiger partial charge in [0.15, 0.2) is 0 Å². The minimum absolute atomic E-state index is 0.296. The molecular formula is C23H38O. The number of ketones is 1. The van der Waals surface area contributed by atoms with E-state index < -0.39 is 0 Å². The second-order valence-electron chi connectivity index (χ2n) is 9.47. The molecule has 1 fully saturated rings. The van der Waals surface area contributed by atoms with Crippen molar-refractivity contribution in [2.24, 2.45) is 22.7 Å². The van der Waals surface area contributed by atoms with Crippen molar-refractivity contribution in [1.29, 1.82) is 0 Å². The average molecular weight is 331 g/mol. The summed E-state index contributed by atoms with van der Waals surface area (Å²) in [6.07, 6.45) is 14.3. The number of carbonyl (C=O) groups is 1. The maximum atomic E-state index is 11.1. The zero-order valence-electron chi connectivity index (χ0n) is 16.9. The zero-order chi connectivity index (χ0) is 18.0. The van der Waals surface area contributed by atoms with Gasteiger partial charge in [0.1, 0.15) is 5.78 Å². The van der Waals surface area contributed by atoms with E-state index in [-0.39, 0.29) is 0 Å². The summed E-state index contributed by atoms with van der Waals surface area (Å²) in [5.41, 5.74) is 4.04. The first-order valence-corrected chi connectivity index (χ1v) is 9.98. The molecule has 0 amide bonds. The molecule has 24 heavy (non-hydrogen) atoms. The van der Waals surface area contributed by atoms with Crippen molar-refractivity contribution < 1.29 is 4.79 Å². The second kappa shape index (κ2) is 7.58. The summed E-state index contributed by atoms with van der Waals surface area (Å²) < 4.78 is 0. The second-order valence-corrected chi connectivity index (χ2v) is 9.47. The third-order valence-electron chi connectivity index (χ3n) is 7.11. The highest BCUT2D eigenvalue weighted by molar-refractivity contribution is 5.75. The standard InChI is InChI=1S/C23H38O/c1-17(9-7-10-19(3)24)11-13-20-18(2)12-14-21-22(4,5)15-8-16-23(20,21)6/h9,12,20-21H,7-8,10-11,13-16H2,1-6H3/t20-,21+,23-/m1/s1. The Morgan fingerprint density at radius 2 is 1.92 bits per heavy atom. The van der Waals surface area contributed by atoms with E-state index in [1.165, 1.54) is 44.1 Å². The molecule has 0 aromatic rings. The van der Waals surface area contributed by atoms with E-state index >= 15 is 0 Å². The first kappa shape index (κ1) is 19.5. The van der Waals surface area contributed by atoms with E-state index in [0.29, 0.717) is 23.0 Å². The van der Waals surface area contributed by atoms with E-state index in [1.807, 2.05) is 0 Å². The van der Waals surface area contributed by atoms with Gasteiger partial charge in [0.2, 0.25) is 0 Å². The Balaban J connectivity index is 2.06. The molecule has 1 heteroatoms. The molecule has 2 rings (SSSR count). The third kappa shape index (κ3) is 4.21. The van der Waals surface area contributed by atoms with Crippen LogP contribution in [0.15, 0.2) is 23.3 Å². The largest absolute Gasteiger partial charge is 0.300 e. The van der Waals surface area contributed by atoms with E-state index in [1.54, 1.807) is 12.5 Å². The summed E-state index contributed by atoms with van der Waals surface area (Å²) >= 11 is 0. The van der Waals surface area contributed by atoms with Crippen LogP contribution in [0.2, 0.25) is 0 Å².